The third-order valence-electron chi connectivity index (χ3n) is 3.20. The number of anilines is 2. The van der Waals surface area contributed by atoms with Crippen LogP contribution in [0.2, 0.25) is 5.02 Å². The summed E-state index contributed by atoms with van der Waals surface area (Å²) in [7, 11) is 0. The van der Waals surface area contributed by atoms with E-state index in [9.17, 15) is 9.90 Å². The second-order valence-electron chi connectivity index (χ2n) is 4.50. The van der Waals surface area contributed by atoms with Gasteiger partial charge in [0.15, 0.2) is 0 Å². The number of nitrogens with zero attached hydrogens (tertiary/aromatic N) is 1. The van der Waals surface area contributed by atoms with Crippen LogP contribution in [0.25, 0.3) is 0 Å². The minimum atomic E-state index is -0.977. The Morgan fingerprint density at radius 3 is 2.50 bits per heavy atom. The molecule has 2 aromatic rings. The molecule has 0 heterocycles. The van der Waals surface area contributed by atoms with Crippen molar-refractivity contribution in [3.8, 4) is 0 Å². The molecular formula is C16H16ClNO2. The third kappa shape index (κ3) is 2.78. The molecule has 1 N–H and O–H groups in total. The Kier molecular flexibility index (Phi) is 4.30. The summed E-state index contributed by atoms with van der Waals surface area (Å²) in [5, 5.41) is 9.79. The molecule has 0 radical (unpaired) electrons. The Hall–Kier alpha value is -2.00. The molecule has 0 fully saturated rings. The minimum absolute atomic E-state index is 0.211. The van der Waals surface area contributed by atoms with Crippen LogP contribution in [0.3, 0.4) is 0 Å². The van der Waals surface area contributed by atoms with Gasteiger partial charge >= 0.3 is 5.97 Å². The average Bonchev–Trinajstić information content (AvgIpc) is 2.42. The van der Waals surface area contributed by atoms with Gasteiger partial charge in [-0.05, 0) is 43.7 Å². The Labute approximate surface area is 123 Å². The number of benzene rings is 2. The van der Waals surface area contributed by atoms with E-state index in [1.54, 1.807) is 12.1 Å². The highest BCUT2D eigenvalue weighted by Gasteiger charge is 2.17. The van der Waals surface area contributed by atoms with E-state index >= 15 is 0 Å². The summed E-state index contributed by atoms with van der Waals surface area (Å²) in [5.74, 6) is -0.977. The summed E-state index contributed by atoms with van der Waals surface area (Å²) in [5.41, 5.74) is 2.96. The zero-order valence-electron chi connectivity index (χ0n) is 11.4. The second kappa shape index (κ2) is 5.97. The number of rotatable bonds is 4. The maximum Gasteiger partial charge on any atom is 0.337 e. The van der Waals surface area contributed by atoms with E-state index in [0.29, 0.717) is 17.3 Å². The van der Waals surface area contributed by atoms with E-state index in [1.807, 2.05) is 43.0 Å². The number of halogens is 1. The predicted molar refractivity (Wildman–Crippen MR) is 82.3 cm³/mol. The second-order valence-corrected chi connectivity index (χ2v) is 4.93. The topological polar surface area (TPSA) is 40.5 Å². The van der Waals surface area contributed by atoms with E-state index in [-0.39, 0.29) is 5.56 Å². The number of carbonyl (C=O) groups is 1. The fourth-order valence-corrected chi connectivity index (χ4v) is 2.42. The van der Waals surface area contributed by atoms with Crippen molar-refractivity contribution in [1.82, 2.24) is 0 Å². The molecule has 0 aromatic heterocycles. The number of hydrogen-bond acceptors (Lipinski definition) is 2. The van der Waals surface area contributed by atoms with Crippen molar-refractivity contribution < 1.29 is 9.90 Å². The molecule has 0 atom stereocenters. The zero-order valence-corrected chi connectivity index (χ0v) is 12.2. The van der Waals surface area contributed by atoms with Crippen LogP contribution in [-0.4, -0.2) is 17.6 Å². The lowest BCUT2D eigenvalue weighted by molar-refractivity contribution is 0.0697. The number of hydrogen-bond donors (Lipinski definition) is 1. The molecule has 2 rings (SSSR count). The molecule has 0 spiro atoms. The van der Waals surface area contributed by atoms with Gasteiger partial charge in [0.05, 0.1) is 11.3 Å². The van der Waals surface area contributed by atoms with Crippen molar-refractivity contribution in [2.75, 3.05) is 11.4 Å². The molecule has 0 aliphatic carbocycles. The van der Waals surface area contributed by atoms with Crippen LogP contribution >= 0.6 is 11.6 Å². The monoisotopic (exact) mass is 289 g/mol. The summed E-state index contributed by atoms with van der Waals surface area (Å²) < 4.78 is 0. The molecule has 0 aliphatic rings. The first kappa shape index (κ1) is 14.4. The van der Waals surface area contributed by atoms with E-state index in [2.05, 4.69) is 0 Å². The van der Waals surface area contributed by atoms with Crippen molar-refractivity contribution in [1.29, 1.82) is 0 Å². The summed E-state index contributed by atoms with van der Waals surface area (Å²) in [6.45, 7) is 4.67. The molecule has 0 saturated heterocycles. The van der Waals surface area contributed by atoms with Crippen LogP contribution in [0.1, 0.15) is 22.8 Å². The fraction of sp³-hybridized carbons (Fsp3) is 0.188. The van der Waals surface area contributed by atoms with Gasteiger partial charge in [-0.15, -0.1) is 0 Å². The summed E-state index contributed by atoms with van der Waals surface area (Å²) in [4.78, 5) is 13.4. The number of aryl methyl sites for hydroxylation is 1. The van der Waals surface area contributed by atoms with Crippen LogP contribution in [0, 0.1) is 6.92 Å². The lowest BCUT2D eigenvalue weighted by Crippen LogP contribution is -2.20. The summed E-state index contributed by atoms with van der Waals surface area (Å²) >= 11 is 5.90. The normalized spacial score (nSPS) is 10.3. The number of carboxylic acids is 1. The van der Waals surface area contributed by atoms with Crippen LogP contribution in [0.4, 0.5) is 11.4 Å². The number of carboxylic acid groups (broad SMARTS) is 1. The van der Waals surface area contributed by atoms with Gasteiger partial charge in [-0.2, -0.15) is 0 Å². The molecule has 3 nitrogen and oxygen atoms in total. The maximum absolute atomic E-state index is 11.4. The Balaban J connectivity index is 2.58. The first-order chi connectivity index (χ1) is 9.54. The van der Waals surface area contributed by atoms with Gasteiger partial charge in [0.2, 0.25) is 0 Å². The van der Waals surface area contributed by atoms with Crippen molar-refractivity contribution in [3.63, 3.8) is 0 Å². The van der Waals surface area contributed by atoms with Gasteiger partial charge < -0.3 is 10.0 Å². The standard InChI is InChI=1S/C16H16ClNO2/c1-3-18(14-7-5-4-6-11(14)2)15-9-8-12(17)10-13(15)16(19)20/h4-10H,3H2,1-2H3,(H,19,20). The quantitative estimate of drug-likeness (QED) is 0.900. The highest BCUT2D eigenvalue weighted by Crippen LogP contribution is 2.32. The summed E-state index contributed by atoms with van der Waals surface area (Å²) in [6.07, 6.45) is 0. The molecule has 0 bridgehead atoms. The van der Waals surface area contributed by atoms with E-state index in [1.165, 1.54) is 6.07 Å². The predicted octanol–water partition coefficient (Wildman–Crippen LogP) is 4.50. The molecule has 20 heavy (non-hydrogen) atoms. The smallest absolute Gasteiger partial charge is 0.337 e. The molecule has 0 saturated carbocycles. The molecule has 2 aromatic carbocycles. The zero-order chi connectivity index (χ0) is 14.7. The van der Waals surface area contributed by atoms with Crippen LogP contribution < -0.4 is 4.90 Å². The maximum atomic E-state index is 11.4. The first-order valence-corrected chi connectivity index (χ1v) is 6.78. The molecule has 0 amide bonds. The van der Waals surface area contributed by atoms with Crippen molar-refractivity contribution in [2.45, 2.75) is 13.8 Å². The third-order valence-corrected chi connectivity index (χ3v) is 3.44. The minimum Gasteiger partial charge on any atom is -0.478 e. The number of para-hydroxylation sites is 1. The fourth-order valence-electron chi connectivity index (χ4n) is 2.25. The van der Waals surface area contributed by atoms with Crippen LogP contribution in [0.5, 0.6) is 0 Å². The van der Waals surface area contributed by atoms with Gasteiger partial charge in [0.25, 0.3) is 0 Å². The molecule has 0 aliphatic heterocycles. The highest BCUT2D eigenvalue weighted by atomic mass is 35.5. The van der Waals surface area contributed by atoms with Crippen molar-refractivity contribution in [3.05, 3.63) is 58.6 Å². The van der Waals surface area contributed by atoms with Crippen LogP contribution in [-0.2, 0) is 0 Å². The molecular weight excluding hydrogens is 274 g/mol. The first-order valence-electron chi connectivity index (χ1n) is 6.40. The molecule has 104 valence electrons. The van der Waals surface area contributed by atoms with Gasteiger partial charge in [0.1, 0.15) is 0 Å². The lowest BCUT2D eigenvalue weighted by Gasteiger charge is -2.26. The van der Waals surface area contributed by atoms with E-state index < -0.39 is 5.97 Å². The highest BCUT2D eigenvalue weighted by molar-refractivity contribution is 6.31. The molecule has 0 unspecified atom stereocenters. The van der Waals surface area contributed by atoms with E-state index in [0.717, 1.165) is 11.3 Å². The average molecular weight is 290 g/mol. The SMILES string of the molecule is CCN(c1ccccc1C)c1ccc(Cl)cc1C(=O)O. The Morgan fingerprint density at radius 1 is 1.20 bits per heavy atom. The van der Waals surface area contributed by atoms with Gasteiger partial charge in [-0.1, -0.05) is 29.8 Å². The Morgan fingerprint density at radius 2 is 1.90 bits per heavy atom. The molecule has 4 heteroatoms. The van der Waals surface area contributed by atoms with Gasteiger partial charge in [-0.3, -0.25) is 0 Å². The van der Waals surface area contributed by atoms with Gasteiger partial charge in [-0.25, -0.2) is 4.79 Å². The number of aromatic carboxylic acids is 1. The Bertz CT molecular complexity index is 640. The summed E-state index contributed by atoms with van der Waals surface area (Å²) in [6, 6.07) is 12.9. The van der Waals surface area contributed by atoms with Crippen LogP contribution in [0.15, 0.2) is 42.5 Å². The largest absolute Gasteiger partial charge is 0.478 e. The van der Waals surface area contributed by atoms with Gasteiger partial charge in [0, 0.05) is 17.3 Å². The van der Waals surface area contributed by atoms with Crippen molar-refractivity contribution >= 4 is 28.9 Å². The lowest BCUT2D eigenvalue weighted by atomic mass is 10.1. The van der Waals surface area contributed by atoms with E-state index in [4.69, 9.17) is 11.6 Å². The van der Waals surface area contributed by atoms with Crippen molar-refractivity contribution in [2.24, 2.45) is 0 Å².